The molecule has 17 rings (SSSR count). The molecular weight excluding hydrogens is 1120 g/mol. The fourth-order valence-electron chi connectivity index (χ4n) is 15.7. The monoisotopic (exact) mass is 1170 g/mol. The van der Waals surface area contributed by atoms with Gasteiger partial charge in [0.1, 0.15) is 22.3 Å². The summed E-state index contributed by atoms with van der Waals surface area (Å²) in [7, 11) is 0. The van der Waals surface area contributed by atoms with E-state index in [0.717, 1.165) is 54.6 Å². The molecule has 12 heteroatoms. The van der Waals surface area contributed by atoms with E-state index in [9.17, 15) is 51.1 Å². The molecule has 434 valence electrons. The number of hydrogen-bond acceptors (Lipinski definition) is 12. The van der Waals surface area contributed by atoms with Crippen molar-refractivity contribution >= 4 is 65.4 Å². The first-order valence-corrected chi connectivity index (χ1v) is 29.4. The highest BCUT2D eigenvalue weighted by molar-refractivity contribution is 6.20. The van der Waals surface area contributed by atoms with Crippen LogP contribution in [0.25, 0.3) is 143 Å². The highest BCUT2D eigenvalue weighted by Crippen LogP contribution is 2.64. The lowest BCUT2D eigenvalue weighted by atomic mass is 9.78. The van der Waals surface area contributed by atoms with Crippen molar-refractivity contribution in [2.24, 2.45) is 0 Å². The second-order valence-electron chi connectivity index (χ2n) is 25.7. The normalized spacial score (nSPS) is 14.7. The van der Waals surface area contributed by atoms with Crippen LogP contribution in [0.4, 0.5) is 0 Å². The van der Waals surface area contributed by atoms with E-state index < -0.39 is 73.7 Å². The maximum absolute atomic E-state index is 11.1. The van der Waals surface area contributed by atoms with Gasteiger partial charge in [0.25, 0.3) is 0 Å². The number of phenolic OH excluding ortho intramolecular Hbond substituents is 10. The van der Waals surface area contributed by atoms with Crippen molar-refractivity contribution in [3.8, 4) is 135 Å². The van der Waals surface area contributed by atoms with Gasteiger partial charge in [-0.3, -0.25) is 0 Å². The predicted octanol–water partition coefficient (Wildman–Crippen LogP) is 18.4. The Morgan fingerprint density at radius 3 is 0.809 bits per heavy atom. The van der Waals surface area contributed by atoms with Crippen LogP contribution in [-0.4, -0.2) is 51.1 Å². The van der Waals surface area contributed by atoms with Crippen molar-refractivity contribution in [2.45, 2.75) is 57.8 Å². The van der Waals surface area contributed by atoms with Crippen molar-refractivity contribution in [3.63, 3.8) is 0 Å². The highest BCUT2D eigenvalue weighted by atomic mass is 16.4. The highest BCUT2D eigenvalue weighted by Gasteiger charge is 2.46. The van der Waals surface area contributed by atoms with Crippen LogP contribution < -0.4 is 0 Å². The van der Waals surface area contributed by atoms with Gasteiger partial charge < -0.3 is 59.9 Å². The number of benzene rings is 12. The van der Waals surface area contributed by atoms with Crippen LogP contribution in [0, 0.1) is 0 Å². The van der Waals surface area contributed by atoms with E-state index in [1.54, 1.807) is 24.3 Å². The number of furan rings is 2. The molecule has 3 aliphatic rings. The molecule has 14 aromatic rings. The molecule has 0 fully saturated rings. The van der Waals surface area contributed by atoms with Gasteiger partial charge in [-0.2, -0.15) is 0 Å². The van der Waals surface area contributed by atoms with E-state index in [2.05, 4.69) is 126 Å². The van der Waals surface area contributed by atoms with E-state index in [4.69, 9.17) is 8.83 Å². The third-order valence-electron chi connectivity index (χ3n) is 20.2. The Morgan fingerprint density at radius 2 is 0.461 bits per heavy atom. The summed E-state index contributed by atoms with van der Waals surface area (Å²) < 4.78 is 13.6. The second kappa shape index (κ2) is 17.0. The van der Waals surface area contributed by atoms with Gasteiger partial charge in [-0.05, 0) is 136 Å². The SMILES string of the molecule is CC1(C)c2cc3c(cc2-c2cc4c(cc21)-c1c(cc(-c2cccc5c2oc2c(-c6c(O)c(O)c(O)c(O)c6O)cccc25)c2ccccc12)C4(C)C)C(C)(C)c1cc(-c2cccc4c2oc2c(-c5c(O)c(O)c(O)c(O)c5O)cccc24)c2ccccc2c1-3. The van der Waals surface area contributed by atoms with Crippen LogP contribution in [0.5, 0.6) is 57.5 Å². The lowest BCUT2D eigenvalue weighted by Crippen LogP contribution is -2.17. The summed E-state index contributed by atoms with van der Waals surface area (Å²) in [6.07, 6.45) is 0. The van der Waals surface area contributed by atoms with Crippen LogP contribution in [0.1, 0.15) is 74.9 Å². The molecule has 0 amide bonds. The van der Waals surface area contributed by atoms with E-state index in [0.29, 0.717) is 33.1 Å². The molecule has 3 aliphatic carbocycles. The molecule has 0 bridgehead atoms. The van der Waals surface area contributed by atoms with Crippen LogP contribution in [-0.2, 0) is 16.2 Å². The van der Waals surface area contributed by atoms with Gasteiger partial charge in [0.15, 0.2) is 23.0 Å². The average Bonchev–Trinajstić information content (AvgIpc) is 1.45. The summed E-state index contributed by atoms with van der Waals surface area (Å²) >= 11 is 0. The molecule has 0 saturated heterocycles. The Kier molecular flexibility index (Phi) is 9.98. The van der Waals surface area contributed by atoms with Crippen molar-refractivity contribution in [2.75, 3.05) is 0 Å². The Hall–Kier alpha value is -11.2. The van der Waals surface area contributed by atoms with Crippen LogP contribution in [0.3, 0.4) is 0 Å². The molecular formula is C77H54O12. The van der Waals surface area contributed by atoms with Crippen molar-refractivity contribution in [1.29, 1.82) is 0 Å². The first-order valence-electron chi connectivity index (χ1n) is 29.4. The van der Waals surface area contributed by atoms with Crippen LogP contribution in [0.15, 0.2) is 167 Å². The number of para-hydroxylation sites is 4. The minimum absolute atomic E-state index is 0.206. The zero-order valence-electron chi connectivity index (χ0n) is 48.8. The van der Waals surface area contributed by atoms with Gasteiger partial charge >= 0.3 is 0 Å². The Labute approximate surface area is 507 Å². The van der Waals surface area contributed by atoms with Crippen LogP contribution >= 0.6 is 0 Å². The maximum Gasteiger partial charge on any atom is 0.208 e. The molecule has 0 aliphatic heterocycles. The van der Waals surface area contributed by atoms with Crippen molar-refractivity contribution in [3.05, 3.63) is 191 Å². The molecule has 2 heterocycles. The lowest BCUT2D eigenvalue weighted by Gasteiger charge is -2.25. The first kappa shape index (κ1) is 52.1. The molecule has 0 unspecified atom stereocenters. The Morgan fingerprint density at radius 1 is 0.213 bits per heavy atom. The average molecular weight is 1170 g/mol. The topological polar surface area (TPSA) is 229 Å². The fraction of sp³-hybridized carbons (Fsp3) is 0.117. The van der Waals surface area contributed by atoms with Gasteiger partial charge in [0.05, 0.1) is 11.1 Å². The van der Waals surface area contributed by atoms with Gasteiger partial charge in [-0.15, -0.1) is 0 Å². The van der Waals surface area contributed by atoms with Crippen molar-refractivity contribution < 1.29 is 59.9 Å². The van der Waals surface area contributed by atoms with Gasteiger partial charge in [-0.25, -0.2) is 0 Å². The summed E-state index contributed by atoms with van der Waals surface area (Å²) in [4.78, 5) is 0. The number of aromatic hydroxyl groups is 10. The third kappa shape index (κ3) is 6.41. The quantitative estimate of drug-likeness (QED) is 0.0586. The summed E-state index contributed by atoms with van der Waals surface area (Å²) in [5.41, 5.74) is 18.3. The van der Waals surface area contributed by atoms with Crippen LogP contribution in [0.2, 0.25) is 0 Å². The van der Waals surface area contributed by atoms with E-state index in [-0.39, 0.29) is 22.3 Å². The third-order valence-corrected chi connectivity index (χ3v) is 20.2. The smallest absolute Gasteiger partial charge is 0.208 e. The first-order chi connectivity index (χ1) is 42.6. The summed E-state index contributed by atoms with van der Waals surface area (Å²) in [5, 5.41) is 114. The maximum atomic E-state index is 11.1. The molecule has 10 N–H and O–H groups in total. The van der Waals surface area contributed by atoms with Gasteiger partial charge in [0, 0.05) is 60.0 Å². The molecule has 0 radical (unpaired) electrons. The van der Waals surface area contributed by atoms with Gasteiger partial charge in [-0.1, -0.05) is 163 Å². The number of phenols is 10. The predicted molar refractivity (Wildman–Crippen MR) is 347 cm³/mol. The molecule has 89 heavy (non-hydrogen) atoms. The molecule has 12 nitrogen and oxygen atoms in total. The zero-order chi connectivity index (χ0) is 61.5. The standard InChI is InChI=1S/C77H54O12/c1-75(2)51-31-49-53(76(3,4)55-27-45(33-15-7-9-17-35(33)57(49)55)41-23-11-19-37-39-21-13-25-43(73(39)88-71(37)41)59-61(78)65(82)69(86)66(83)62(59)79)29-47(51)48-30-54-50(32-52(48)75)58-36-18-10-8-16-34(36)46(28-56(58)77(54,5)6)42-24-12-20-38-40-22-14-26-44(74(40)89-72(38)42)60-63(80)67(84)70(87)68(85)64(60)81/h7-32,78-87H,1-6H3. The number of rotatable bonds is 4. The molecule has 0 saturated carbocycles. The minimum atomic E-state index is -1.04. The molecule has 0 atom stereocenters. The van der Waals surface area contributed by atoms with Crippen molar-refractivity contribution in [1.82, 2.24) is 0 Å². The Bertz CT molecular complexity index is 5250. The minimum Gasteiger partial charge on any atom is -0.504 e. The summed E-state index contributed by atoms with van der Waals surface area (Å²) in [6.45, 7) is 13.9. The molecule has 12 aromatic carbocycles. The van der Waals surface area contributed by atoms with E-state index >= 15 is 0 Å². The number of hydrogen-bond donors (Lipinski definition) is 10. The lowest BCUT2D eigenvalue weighted by molar-refractivity contribution is 0.330. The Balaban J connectivity index is 0.800. The summed E-state index contributed by atoms with van der Waals surface area (Å²) in [6, 6.07) is 53.8. The fourth-order valence-corrected chi connectivity index (χ4v) is 15.7. The van der Waals surface area contributed by atoms with E-state index in [1.165, 1.54) is 66.8 Å². The van der Waals surface area contributed by atoms with Gasteiger partial charge in [0.2, 0.25) is 34.5 Å². The zero-order valence-corrected chi connectivity index (χ0v) is 48.8. The summed E-state index contributed by atoms with van der Waals surface area (Å²) in [5.74, 6) is -9.18. The number of fused-ring (bicyclic) bond motifs is 19. The second-order valence-corrected chi connectivity index (χ2v) is 25.7. The van der Waals surface area contributed by atoms with E-state index in [1.807, 2.05) is 48.5 Å². The molecule has 2 aromatic heterocycles. The molecule has 0 spiro atoms. The largest absolute Gasteiger partial charge is 0.504 e.